The first-order valence-corrected chi connectivity index (χ1v) is 18.2. The van der Waals surface area contributed by atoms with Crippen LogP contribution in [0.15, 0.2) is 40.0 Å². The molecule has 0 fully saturated rings. The average molecular weight is 389 g/mol. The van der Waals surface area contributed by atoms with E-state index in [1.54, 1.807) is 3.59 Å². The molecule has 1 unspecified atom stereocenters. The Balaban J connectivity index is 3.06. The van der Waals surface area contributed by atoms with Gasteiger partial charge in [-0.25, -0.2) is 0 Å². The van der Waals surface area contributed by atoms with Crippen molar-refractivity contribution >= 4 is 18.4 Å². The van der Waals surface area contributed by atoms with Gasteiger partial charge in [0, 0.05) is 0 Å². The summed E-state index contributed by atoms with van der Waals surface area (Å²) in [6.07, 6.45) is 7.37. The summed E-state index contributed by atoms with van der Waals surface area (Å²) in [6.45, 7) is 4.53. The first kappa shape index (κ1) is 18.4. The third kappa shape index (κ3) is 6.74. The van der Waals surface area contributed by atoms with Crippen LogP contribution in [-0.4, -0.2) is 18.4 Å². The van der Waals surface area contributed by atoms with E-state index in [0.717, 1.165) is 5.56 Å². The monoisotopic (exact) mass is 390 g/mol. The van der Waals surface area contributed by atoms with E-state index in [2.05, 4.69) is 70.8 Å². The summed E-state index contributed by atoms with van der Waals surface area (Å²) in [5, 5.41) is 0. The van der Waals surface area contributed by atoms with Crippen molar-refractivity contribution in [2.75, 3.05) is 0 Å². The molecule has 0 saturated carbocycles. The molecule has 1 atom stereocenters. The molecule has 1 rings (SSSR count). The van der Waals surface area contributed by atoms with Gasteiger partial charge in [-0.2, -0.15) is 0 Å². The molecule has 0 aromatic heterocycles. The number of benzene rings is 1. The van der Waals surface area contributed by atoms with Crippen molar-refractivity contribution in [3.8, 4) is 11.8 Å². The van der Waals surface area contributed by atoms with Gasteiger partial charge in [0.15, 0.2) is 0 Å². The predicted molar refractivity (Wildman–Crippen MR) is 98.1 cm³/mol. The van der Waals surface area contributed by atoms with E-state index in [1.165, 1.54) is 25.7 Å². The van der Waals surface area contributed by atoms with E-state index in [-0.39, 0.29) is 0 Å². The third-order valence-electron chi connectivity index (χ3n) is 3.64. The van der Waals surface area contributed by atoms with Crippen molar-refractivity contribution in [1.82, 2.24) is 0 Å². The van der Waals surface area contributed by atoms with Crippen molar-refractivity contribution in [3.63, 3.8) is 0 Å². The number of allylic oxidation sites excluding steroid dienone is 2. The Bertz CT molecular complexity index is 494. The Kier molecular flexibility index (Phi) is 8.19. The Labute approximate surface area is 135 Å². The number of hydrogen-bond acceptors (Lipinski definition) is 0. The van der Waals surface area contributed by atoms with Crippen molar-refractivity contribution < 1.29 is 0 Å². The van der Waals surface area contributed by atoms with Gasteiger partial charge >= 0.3 is 136 Å². The molecular weight excluding hydrogens is 359 g/mol. The molecule has 0 nitrogen and oxygen atoms in total. The molecule has 0 saturated heterocycles. The zero-order chi connectivity index (χ0) is 15.7. The third-order valence-corrected chi connectivity index (χ3v) is 10.2. The normalized spacial score (nSPS) is 13.5. The van der Waals surface area contributed by atoms with Gasteiger partial charge in [0.1, 0.15) is 0 Å². The summed E-state index contributed by atoms with van der Waals surface area (Å²) in [7, 11) is 0. The topological polar surface area (TPSA) is 0 Å². The Morgan fingerprint density at radius 2 is 1.76 bits per heavy atom. The molecule has 114 valence electrons. The van der Waals surface area contributed by atoms with E-state index in [4.69, 9.17) is 0 Å². The average Bonchev–Trinajstić information content (AvgIpc) is 2.44. The van der Waals surface area contributed by atoms with Gasteiger partial charge in [-0.05, 0) is 0 Å². The number of hydrogen-bond donors (Lipinski definition) is 0. The minimum atomic E-state index is -2.07. The van der Waals surface area contributed by atoms with Crippen LogP contribution in [0.25, 0.3) is 0 Å². The Hall–Kier alpha value is -0.681. The van der Waals surface area contributed by atoms with E-state index >= 15 is 0 Å². The molecule has 21 heavy (non-hydrogen) atoms. The molecule has 1 heteroatoms. The van der Waals surface area contributed by atoms with Crippen molar-refractivity contribution in [1.29, 1.82) is 0 Å². The Morgan fingerprint density at radius 3 is 2.29 bits per heavy atom. The molecule has 0 N–H and O–H groups in total. The summed E-state index contributed by atoms with van der Waals surface area (Å²) in [6, 6.07) is 10.4. The molecule has 1 aromatic rings. The molecule has 0 amide bonds. The van der Waals surface area contributed by atoms with E-state index < -0.39 is 18.4 Å². The first-order valence-electron chi connectivity index (χ1n) is 8.26. The molecule has 0 heterocycles. The maximum absolute atomic E-state index is 3.59. The number of rotatable bonds is 6. The van der Waals surface area contributed by atoms with Crippen LogP contribution in [0.5, 0.6) is 0 Å². The Morgan fingerprint density at radius 1 is 1.10 bits per heavy atom. The van der Waals surface area contributed by atoms with Gasteiger partial charge in [-0.1, -0.05) is 0 Å². The van der Waals surface area contributed by atoms with Crippen molar-refractivity contribution in [2.45, 2.75) is 54.3 Å². The van der Waals surface area contributed by atoms with Crippen molar-refractivity contribution in [3.05, 3.63) is 45.6 Å². The van der Waals surface area contributed by atoms with Gasteiger partial charge in [0.25, 0.3) is 0 Å². The van der Waals surface area contributed by atoms with Crippen LogP contribution in [0.4, 0.5) is 0 Å². The van der Waals surface area contributed by atoms with E-state index in [0.29, 0.717) is 5.92 Å². The summed E-state index contributed by atoms with van der Waals surface area (Å²) in [5.41, 5.74) is 1.14. The van der Waals surface area contributed by atoms with Gasteiger partial charge in [0.2, 0.25) is 0 Å². The molecule has 0 spiro atoms. The molecule has 0 aliphatic carbocycles. The standard InChI is InChI=1S/C17H21.3CH3.Sn/c1-3-5-7-11-16(10-4-2)14-15-17-12-8-6-9-13-17;;;;/h6-9,12-13,16H,3-5,10H2,1-2H3;3*1H3;. The quantitative estimate of drug-likeness (QED) is 0.410. The fourth-order valence-electron chi connectivity index (χ4n) is 2.56. The molecule has 0 aliphatic heterocycles. The maximum atomic E-state index is 3.59. The molecule has 1 aromatic carbocycles. The van der Waals surface area contributed by atoms with Gasteiger partial charge in [0.05, 0.1) is 0 Å². The van der Waals surface area contributed by atoms with Gasteiger partial charge in [-0.15, -0.1) is 0 Å². The van der Waals surface area contributed by atoms with E-state index in [9.17, 15) is 0 Å². The summed E-state index contributed by atoms with van der Waals surface area (Å²) in [4.78, 5) is 7.55. The van der Waals surface area contributed by atoms with Crippen LogP contribution in [0.3, 0.4) is 0 Å². The van der Waals surface area contributed by atoms with Crippen LogP contribution in [0, 0.1) is 17.8 Å². The van der Waals surface area contributed by atoms with Crippen LogP contribution in [-0.2, 0) is 0 Å². The zero-order valence-corrected chi connectivity index (χ0v) is 17.2. The van der Waals surface area contributed by atoms with Crippen molar-refractivity contribution in [2.24, 2.45) is 5.92 Å². The molecular formula is C20H30Sn. The van der Waals surface area contributed by atoms with Gasteiger partial charge < -0.3 is 0 Å². The molecule has 0 bridgehead atoms. The SMILES string of the molecule is CCC/C=[C](/C(C#Cc1ccccc1)CCC)[Sn]([CH3])([CH3])[CH3]. The van der Waals surface area contributed by atoms with Crippen LogP contribution < -0.4 is 0 Å². The zero-order valence-electron chi connectivity index (χ0n) is 14.4. The summed E-state index contributed by atoms with van der Waals surface area (Å²) < 4.78 is 1.72. The van der Waals surface area contributed by atoms with Crippen LogP contribution in [0.1, 0.15) is 45.1 Å². The second-order valence-corrected chi connectivity index (χ2v) is 21.2. The second kappa shape index (κ2) is 9.36. The predicted octanol–water partition coefficient (Wildman–Crippen LogP) is 6.06. The second-order valence-electron chi connectivity index (χ2n) is 6.67. The van der Waals surface area contributed by atoms with Crippen LogP contribution >= 0.6 is 0 Å². The molecule has 0 radical (unpaired) electrons. The summed E-state index contributed by atoms with van der Waals surface area (Å²) >= 11 is -2.07. The summed E-state index contributed by atoms with van der Waals surface area (Å²) in [5.74, 6) is 7.46. The van der Waals surface area contributed by atoms with E-state index in [1.807, 2.05) is 6.07 Å². The molecule has 0 aliphatic rings. The fourth-order valence-corrected chi connectivity index (χ4v) is 8.32. The minimum absolute atomic E-state index is 0.470. The van der Waals surface area contributed by atoms with Crippen LogP contribution in [0.2, 0.25) is 14.8 Å². The fraction of sp³-hybridized carbons (Fsp3) is 0.500. The first-order chi connectivity index (χ1) is 9.99. The van der Waals surface area contributed by atoms with Gasteiger partial charge in [-0.3, -0.25) is 0 Å². The number of unbranched alkanes of at least 4 members (excludes halogenated alkanes) is 1.